The molecular formula is C21H20ClF6N2OPRu. The normalized spacial score (nSPS) is 13.5. The van der Waals surface area contributed by atoms with Crippen LogP contribution in [0.4, 0.5) is 25.2 Å². The molecule has 1 aliphatic rings. The van der Waals surface area contributed by atoms with Crippen molar-refractivity contribution in [2.45, 2.75) is 26.7 Å². The molecule has 12 heteroatoms. The summed E-state index contributed by atoms with van der Waals surface area (Å²) in [6.07, 6.45) is 3.35. The van der Waals surface area contributed by atoms with Crippen molar-refractivity contribution in [3.8, 4) is 11.4 Å². The number of aromatic nitrogens is 2. The number of fused-ring (bicyclic) bond motifs is 3. The van der Waals surface area contributed by atoms with Gasteiger partial charge in [0.2, 0.25) is 0 Å². The Balaban J connectivity index is 0.000000254. The Morgan fingerprint density at radius 1 is 0.788 bits per heavy atom. The number of rotatable bonds is 1. The first-order valence-electron chi connectivity index (χ1n) is 9.24. The van der Waals surface area contributed by atoms with E-state index in [1.165, 1.54) is 11.1 Å². The van der Waals surface area contributed by atoms with Gasteiger partial charge in [-0.25, -0.2) is 0 Å². The fraction of sp³-hybridized carbons (Fsp3) is 0.190. The Morgan fingerprint density at radius 2 is 1.15 bits per heavy atom. The molecule has 0 saturated heterocycles. The first-order chi connectivity index (χ1) is 15.0. The van der Waals surface area contributed by atoms with Crippen LogP contribution in [0.5, 0.6) is 0 Å². The number of pyridine rings is 2. The predicted molar refractivity (Wildman–Crippen MR) is 116 cm³/mol. The van der Waals surface area contributed by atoms with Crippen LogP contribution in [0, 0.1) is 6.92 Å². The van der Waals surface area contributed by atoms with Crippen molar-refractivity contribution in [2.24, 2.45) is 0 Å². The van der Waals surface area contributed by atoms with Crippen LogP contribution >= 0.6 is 17.5 Å². The van der Waals surface area contributed by atoms with Gasteiger partial charge in [0.15, 0.2) is 5.78 Å². The second-order valence-corrected chi connectivity index (χ2v) is 9.07. The zero-order chi connectivity index (χ0) is 25.5. The first-order valence-corrected chi connectivity index (χ1v) is 13.5. The number of carbonyl (C=O) groups excluding carboxylic acids is 1. The second-order valence-electron chi connectivity index (χ2n) is 7.15. The van der Waals surface area contributed by atoms with Gasteiger partial charge in [0.25, 0.3) is 0 Å². The molecule has 2 heterocycles. The van der Waals surface area contributed by atoms with Gasteiger partial charge in [0, 0.05) is 12.4 Å². The molecule has 1 aromatic carbocycles. The van der Waals surface area contributed by atoms with E-state index in [1.54, 1.807) is 36.7 Å². The van der Waals surface area contributed by atoms with Crippen molar-refractivity contribution < 1.29 is 47.3 Å². The van der Waals surface area contributed by atoms with Gasteiger partial charge in [-0.2, -0.15) is 0 Å². The molecule has 0 amide bonds. The Morgan fingerprint density at radius 3 is 1.48 bits per heavy atom. The van der Waals surface area contributed by atoms with Gasteiger partial charge >= 0.3 is 60.0 Å². The number of ketones is 1. The summed E-state index contributed by atoms with van der Waals surface area (Å²) in [5, 5.41) is 0. The van der Waals surface area contributed by atoms with Gasteiger partial charge in [0.1, 0.15) is 11.4 Å². The molecule has 0 saturated carbocycles. The number of hydrogen-bond acceptors (Lipinski definition) is 3. The number of nitrogens with zero attached hydrogens (tertiary/aromatic N) is 2. The van der Waals surface area contributed by atoms with E-state index in [-0.39, 0.29) is 5.78 Å². The van der Waals surface area contributed by atoms with Gasteiger partial charge in [-0.05, 0) is 42.7 Å². The van der Waals surface area contributed by atoms with E-state index in [9.17, 15) is 30.0 Å². The number of halogens is 7. The van der Waals surface area contributed by atoms with Gasteiger partial charge in [0.05, 0.1) is 11.1 Å². The van der Waals surface area contributed by atoms with E-state index in [0.717, 1.165) is 0 Å². The topological polar surface area (TPSA) is 42.9 Å². The molecule has 0 bridgehead atoms. The maximum absolute atomic E-state index is 11.8. The molecule has 0 spiro atoms. The molecule has 4 rings (SSSR count). The standard InChI is InChI=1S/C11H6N2O.C10H14.ClH.F6P.Ru/c14-11-7-3-1-5-12-9(7)10-8(11)4-2-6-13-10;1-8(2)10-6-4-9(3)5-7-10;;1-7(2,3,4,5)6;/h1-6H;4-8H,1-3H3;1H;;/q;;;-1;+2/p-1. The zero-order valence-electron chi connectivity index (χ0n) is 17.6. The minimum absolute atomic E-state index is 0.0243. The molecule has 1 aliphatic carbocycles. The summed E-state index contributed by atoms with van der Waals surface area (Å²) in [4.78, 5) is 20.1. The van der Waals surface area contributed by atoms with Crippen LogP contribution in [-0.4, -0.2) is 15.8 Å². The number of hydrogen-bond donors (Lipinski definition) is 0. The van der Waals surface area contributed by atoms with Crippen LogP contribution < -0.4 is 0 Å². The first kappa shape index (κ1) is 29.1. The second kappa shape index (κ2) is 10.6. The minimum atomic E-state index is -10.7. The monoisotopic (exact) mass is 598 g/mol. The molecule has 0 unspecified atom stereocenters. The van der Waals surface area contributed by atoms with Crippen molar-refractivity contribution >= 4 is 23.3 Å². The molecule has 0 radical (unpaired) electrons. The van der Waals surface area contributed by atoms with E-state index in [4.69, 9.17) is 0 Å². The summed E-state index contributed by atoms with van der Waals surface area (Å²) >= 11 is 1.82. The average molecular weight is 598 g/mol. The average Bonchev–Trinajstić information content (AvgIpc) is 3.01. The Kier molecular flexibility index (Phi) is 9.35. The van der Waals surface area contributed by atoms with Crippen molar-refractivity contribution in [1.29, 1.82) is 0 Å². The summed E-state index contributed by atoms with van der Waals surface area (Å²) in [5.74, 6) is 0.678. The zero-order valence-corrected chi connectivity index (χ0v) is 21.0. The third kappa shape index (κ3) is 11.2. The fourth-order valence-electron chi connectivity index (χ4n) is 2.65. The summed E-state index contributed by atoms with van der Waals surface area (Å²) in [6, 6.07) is 15.8. The quantitative estimate of drug-likeness (QED) is 0.125. The molecule has 0 fully saturated rings. The van der Waals surface area contributed by atoms with Gasteiger partial charge in [-0.3, -0.25) is 14.8 Å². The molecule has 182 valence electrons. The third-order valence-electron chi connectivity index (χ3n) is 4.07. The van der Waals surface area contributed by atoms with Crippen molar-refractivity contribution in [3.05, 3.63) is 83.2 Å². The van der Waals surface area contributed by atoms with E-state index < -0.39 is 7.81 Å². The van der Waals surface area contributed by atoms with E-state index >= 15 is 0 Å². The molecule has 0 atom stereocenters. The molecule has 0 N–H and O–H groups in total. The molecule has 33 heavy (non-hydrogen) atoms. The van der Waals surface area contributed by atoms with Gasteiger partial charge < -0.3 is 0 Å². The maximum atomic E-state index is 11.8. The van der Waals surface area contributed by atoms with Crippen LogP contribution in [0.2, 0.25) is 0 Å². The third-order valence-corrected chi connectivity index (χ3v) is 4.07. The molecular weight excluding hydrogens is 578 g/mol. The summed E-state index contributed by atoms with van der Waals surface area (Å²) in [6.45, 7) is 6.54. The number of benzene rings is 1. The van der Waals surface area contributed by atoms with Crippen LogP contribution in [0.3, 0.4) is 0 Å². The van der Waals surface area contributed by atoms with Crippen LogP contribution in [0.15, 0.2) is 60.9 Å². The summed E-state index contributed by atoms with van der Waals surface area (Å²) < 4.78 is 59.2. The summed E-state index contributed by atoms with van der Waals surface area (Å²) in [5.41, 5.74) is 5.47. The predicted octanol–water partition coefficient (Wildman–Crippen LogP) is 8.88. The molecule has 3 nitrogen and oxygen atoms in total. The number of carbonyl (C=O) groups is 1. The van der Waals surface area contributed by atoms with Crippen molar-refractivity contribution in [1.82, 2.24) is 9.97 Å². The van der Waals surface area contributed by atoms with E-state index in [1.807, 2.05) is 17.3 Å². The molecule has 3 aromatic rings. The fourth-order valence-corrected chi connectivity index (χ4v) is 2.65. The Labute approximate surface area is 201 Å². The Hall–Kier alpha value is -1.89. The number of aryl methyl sites for hydroxylation is 1. The van der Waals surface area contributed by atoms with Gasteiger partial charge in [-0.1, -0.05) is 43.7 Å². The van der Waals surface area contributed by atoms with Crippen LogP contribution in [-0.2, 0) is 17.3 Å². The SMILES string of the molecule is Cc1ccc(C(C)C)cc1.F[P-](F)(F)(F)(F)F.O=C1c2cccnc2-c2ncccc21.[Cl][Ru+]. The van der Waals surface area contributed by atoms with Crippen molar-refractivity contribution in [3.63, 3.8) is 0 Å². The molecule has 0 aliphatic heterocycles. The van der Waals surface area contributed by atoms with Gasteiger partial charge in [-0.15, -0.1) is 0 Å². The van der Waals surface area contributed by atoms with Crippen LogP contribution in [0.25, 0.3) is 11.4 Å². The van der Waals surface area contributed by atoms with Crippen LogP contribution in [0.1, 0.15) is 46.8 Å². The molecule has 2 aromatic heterocycles. The van der Waals surface area contributed by atoms with E-state index in [2.05, 4.69) is 64.7 Å². The van der Waals surface area contributed by atoms with E-state index in [0.29, 0.717) is 28.4 Å². The Bertz CT molecular complexity index is 1040. The van der Waals surface area contributed by atoms with Crippen molar-refractivity contribution in [2.75, 3.05) is 0 Å². The summed E-state index contributed by atoms with van der Waals surface area (Å²) in [7, 11) is -6.09.